The van der Waals surface area contributed by atoms with E-state index in [1.165, 1.54) is 16.3 Å². The number of pyridine rings is 1. The molecular weight excluding hydrogens is 218 g/mol. The molecule has 1 aromatic heterocycles. The fourth-order valence-electron chi connectivity index (χ4n) is 1.88. The molecule has 0 fully saturated rings. The molecule has 0 atom stereocenters. The van der Waals surface area contributed by atoms with Crippen LogP contribution in [-0.2, 0) is 0 Å². The molecule has 0 radical (unpaired) electrons. The molecule has 80 valence electrons. The fourth-order valence-corrected chi connectivity index (χ4v) is 1.88. The Morgan fingerprint density at radius 2 is 1.56 bits per heavy atom. The lowest BCUT2D eigenvalue weighted by molar-refractivity contribution is 1.44. The van der Waals surface area contributed by atoms with E-state index in [2.05, 4.69) is 48.3 Å². The summed E-state index contributed by atoms with van der Waals surface area (Å²) in [5.41, 5.74) is 3.40. The number of hydrogen-bond acceptors (Lipinski definition) is 1. The topological polar surface area (TPSA) is 12.9 Å². The van der Waals surface area contributed by atoms with Crippen molar-refractivity contribution in [1.29, 1.82) is 0 Å². The third kappa shape index (κ3) is 1.74. The maximum Gasteiger partial charge on any atom is 0.0712 e. The quantitative estimate of drug-likeness (QED) is 0.529. The highest BCUT2D eigenvalue weighted by molar-refractivity contribution is 5.92. The highest BCUT2D eigenvalue weighted by Gasteiger charge is 1.98. The van der Waals surface area contributed by atoms with Crippen molar-refractivity contribution >= 4 is 34.2 Å². The van der Waals surface area contributed by atoms with Crippen molar-refractivity contribution < 1.29 is 0 Å². The van der Waals surface area contributed by atoms with Gasteiger partial charge in [0.1, 0.15) is 0 Å². The molecule has 0 saturated heterocycles. The van der Waals surface area contributed by atoms with Crippen LogP contribution in [0.3, 0.4) is 0 Å². The van der Waals surface area contributed by atoms with Crippen molar-refractivity contribution in [2.75, 3.05) is 0 Å². The molecule has 0 N–H and O–H groups in total. The number of nitrogens with zero attached hydrogens (tertiary/aromatic N) is 1. The smallest absolute Gasteiger partial charge is 0.0712 e. The fraction of sp³-hybridized carbons (Fsp3) is 0.0714. The zero-order chi connectivity index (χ0) is 10.3. The Morgan fingerprint density at radius 1 is 0.812 bits per heavy atom. The minimum atomic E-state index is 0. The molecule has 1 nitrogen and oxygen atoms in total. The van der Waals surface area contributed by atoms with Gasteiger partial charge in [0, 0.05) is 10.8 Å². The molecule has 3 rings (SSSR count). The highest BCUT2D eigenvalue weighted by atomic mass is 35.5. The second-order valence-electron chi connectivity index (χ2n) is 3.88. The highest BCUT2D eigenvalue weighted by Crippen LogP contribution is 2.19. The van der Waals surface area contributed by atoms with Gasteiger partial charge in [-0.25, -0.2) is 4.98 Å². The standard InChI is InChI=1S/C14H11N.ClH/c1-10-6-7-12-9-11-4-2-3-5-13(11)15-14(12)8-10;/h2-9H,1H3;1H. The summed E-state index contributed by atoms with van der Waals surface area (Å²) in [6, 6.07) is 16.8. The molecule has 0 unspecified atom stereocenters. The van der Waals surface area contributed by atoms with Crippen molar-refractivity contribution in [3.63, 3.8) is 0 Å². The van der Waals surface area contributed by atoms with Gasteiger partial charge in [-0.3, -0.25) is 0 Å². The zero-order valence-corrected chi connectivity index (χ0v) is 9.79. The van der Waals surface area contributed by atoms with Crippen LogP contribution in [0.5, 0.6) is 0 Å². The van der Waals surface area contributed by atoms with Crippen LogP contribution in [0.1, 0.15) is 5.56 Å². The van der Waals surface area contributed by atoms with Crippen molar-refractivity contribution in [2.45, 2.75) is 6.92 Å². The summed E-state index contributed by atoms with van der Waals surface area (Å²) < 4.78 is 0. The number of aryl methyl sites for hydroxylation is 1. The normalized spacial score (nSPS) is 10.3. The van der Waals surface area contributed by atoms with Gasteiger partial charge in [-0.2, -0.15) is 0 Å². The van der Waals surface area contributed by atoms with Crippen molar-refractivity contribution in [3.8, 4) is 0 Å². The number of halogens is 1. The first-order valence-corrected chi connectivity index (χ1v) is 5.09. The number of benzene rings is 2. The molecule has 2 heteroatoms. The summed E-state index contributed by atoms with van der Waals surface area (Å²) in [6.45, 7) is 2.09. The Bertz CT molecular complexity index is 646. The predicted octanol–water partition coefficient (Wildman–Crippen LogP) is 4.12. The summed E-state index contributed by atoms with van der Waals surface area (Å²) in [5, 5.41) is 2.41. The predicted molar refractivity (Wildman–Crippen MR) is 71.2 cm³/mol. The molecule has 0 bridgehead atoms. The van der Waals surface area contributed by atoms with E-state index in [9.17, 15) is 0 Å². The maximum atomic E-state index is 4.64. The first-order chi connectivity index (χ1) is 7.33. The van der Waals surface area contributed by atoms with Crippen LogP contribution in [0.15, 0.2) is 48.5 Å². The minimum Gasteiger partial charge on any atom is -0.248 e. The Kier molecular flexibility index (Phi) is 2.80. The summed E-state index contributed by atoms with van der Waals surface area (Å²) in [4.78, 5) is 4.64. The van der Waals surface area contributed by atoms with Gasteiger partial charge in [0.05, 0.1) is 11.0 Å². The second kappa shape index (κ2) is 4.11. The average molecular weight is 230 g/mol. The van der Waals surface area contributed by atoms with Gasteiger partial charge < -0.3 is 0 Å². The lowest BCUT2D eigenvalue weighted by Crippen LogP contribution is -1.82. The number of hydrogen-bond donors (Lipinski definition) is 0. The van der Waals surface area contributed by atoms with Gasteiger partial charge in [0.2, 0.25) is 0 Å². The lowest BCUT2D eigenvalue weighted by atomic mass is 10.1. The van der Waals surface area contributed by atoms with Crippen LogP contribution in [0.4, 0.5) is 0 Å². The zero-order valence-electron chi connectivity index (χ0n) is 8.97. The van der Waals surface area contributed by atoms with Crippen molar-refractivity contribution in [2.24, 2.45) is 0 Å². The van der Waals surface area contributed by atoms with E-state index < -0.39 is 0 Å². The van der Waals surface area contributed by atoms with E-state index in [4.69, 9.17) is 0 Å². The second-order valence-corrected chi connectivity index (χ2v) is 3.88. The van der Waals surface area contributed by atoms with Gasteiger partial charge in [-0.15, -0.1) is 12.4 Å². The van der Waals surface area contributed by atoms with E-state index in [0.717, 1.165) is 11.0 Å². The Morgan fingerprint density at radius 3 is 2.44 bits per heavy atom. The van der Waals surface area contributed by atoms with E-state index in [1.54, 1.807) is 0 Å². The summed E-state index contributed by atoms with van der Waals surface area (Å²) in [6.07, 6.45) is 0. The molecule has 0 aliphatic carbocycles. The van der Waals surface area contributed by atoms with Gasteiger partial charge in [0.25, 0.3) is 0 Å². The molecule has 0 aliphatic rings. The van der Waals surface area contributed by atoms with E-state index >= 15 is 0 Å². The third-order valence-corrected chi connectivity index (χ3v) is 2.67. The molecule has 0 saturated carbocycles. The molecular formula is C14H12ClN. The molecule has 0 amide bonds. The van der Waals surface area contributed by atoms with Crippen LogP contribution < -0.4 is 0 Å². The molecule has 0 aliphatic heterocycles. The number of rotatable bonds is 0. The van der Waals surface area contributed by atoms with Crippen LogP contribution in [-0.4, -0.2) is 4.98 Å². The van der Waals surface area contributed by atoms with Gasteiger partial charge in [-0.1, -0.05) is 30.3 Å². The summed E-state index contributed by atoms with van der Waals surface area (Å²) in [7, 11) is 0. The van der Waals surface area contributed by atoms with Crippen LogP contribution >= 0.6 is 12.4 Å². The third-order valence-electron chi connectivity index (χ3n) is 2.67. The Balaban J connectivity index is 0.000000963. The largest absolute Gasteiger partial charge is 0.248 e. The first-order valence-electron chi connectivity index (χ1n) is 5.09. The lowest BCUT2D eigenvalue weighted by Gasteiger charge is -2.01. The van der Waals surface area contributed by atoms with E-state index in [-0.39, 0.29) is 12.4 Å². The van der Waals surface area contributed by atoms with E-state index in [1.807, 2.05) is 12.1 Å². The van der Waals surface area contributed by atoms with Crippen LogP contribution in [0, 0.1) is 6.92 Å². The number of para-hydroxylation sites is 1. The molecule has 16 heavy (non-hydrogen) atoms. The first kappa shape index (κ1) is 10.9. The molecule has 0 spiro atoms. The minimum absolute atomic E-state index is 0. The SMILES string of the molecule is Cc1ccc2cc3ccccc3nc2c1.Cl. The molecule has 1 heterocycles. The summed E-state index contributed by atoms with van der Waals surface area (Å²) >= 11 is 0. The van der Waals surface area contributed by atoms with Gasteiger partial charge in [-0.05, 0) is 30.7 Å². The van der Waals surface area contributed by atoms with Crippen LogP contribution in [0.25, 0.3) is 21.8 Å². The number of aromatic nitrogens is 1. The number of fused-ring (bicyclic) bond motifs is 2. The Hall–Kier alpha value is -1.60. The summed E-state index contributed by atoms with van der Waals surface area (Å²) in [5.74, 6) is 0. The average Bonchev–Trinajstić information content (AvgIpc) is 2.26. The molecule has 3 aromatic rings. The maximum absolute atomic E-state index is 4.64. The van der Waals surface area contributed by atoms with Crippen LogP contribution in [0.2, 0.25) is 0 Å². The Labute approximate surface area is 101 Å². The monoisotopic (exact) mass is 229 g/mol. The van der Waals surface area contributed by atoms with Gasteiger partial charge in [0.15, 0.2) is 0 Å². The van der Waals surface area contributed by atoms with Crippen molar-refractivity contribution in [1.82, 2.24) is 4.98 Å². The van der Waals surface area contributed by atoms with Gasteiger partial charge >= 0.3 is 0 Å². The van der Waals surface area contributed by atoms with Crippen molar-refractivity contribution in [3.05, 3.63) is 54.1 Å². The molecule has 2 aromatic carbocycles. The van der Waals surface area contributed by atoms with E-state index in [0.29, 0.717) is 0 Å².